The molecule has 102 valence electrons. The number of nitrogens with zero attached hydrogens (tertiary/aromatic N) is 2. The Morgan fingerprint density at radius 3 is 2.71 bits per heavy atom. The average Bonchev–Trinajstić information content (AvgIpc) is 2.49. The van der Waals surface area contributed by atoms with Crippen LogP contribution in [0.5, 0.6) is 11.6 Å². The molecule has 2 N–H and O–H groups in total. The number of rotatable bonds is 2. The number of hydrogen-bond acceptors (Lipinski definition) is 4. The smallest absolute Gasteiger partial charge is 0.221 e. The van der Waals surface area contributed by atoms with Gasteiger partial charge in [0.05, 0.1) is 16.8 Å². The Morgan fingerprint density at radius 1 is 1.14 bits per heavy atom. The van der Waals surface area contributed by atoms with Crippen molar-refractivity contribution in [2.45, 2.75) is 0 Å². The fourth-order valence-electron chi connectivity index (χ4n) is 2.02. The lowest BCUT2D eigenvalue weighted by Crippen LogP contribution is -1.95. The Kier molecular flexibility index (Phi) is 3.46. The van der Waals surface area contributed by atoms with Crippen molar-refractivity contribution in [2.24, 2.45) is 0 Å². The van der Waals surface area contributed by atoms with Gasteiger partial charge in [-0.1, -0.05) is 34.1 Å². The highest BCUT2D eigenvalue weighted by Crippen LogP contribution is 2.30. The maximum Gasteiger partial charge on any atom is 0.221 e. The zero-order chi connectivity index (χ0) is 14.8. The maximum absolute atomic E-state index is 9.25. The number of nitrogens with two attached hydrogens (primary N) is 1. The van der Waals surface area contributed by atoms with Crippen LogP contribution in [0, 0.1) is 11.3 Å². The molecule has 0 fully saturated rings. The molecule has 0 atom stereocenters. The van der Waals surface area contributed by atoms with Gasteiger partial charge in [0.2, 0.25) is 5.88 Å². The molecule has 5 heteroatoms. The maximum atomic E-state index is 9.25. The number of fused-ring (bicyclic) bond motifs is 1. The molecule has 0 saturated carbocycles. The van der Waals surface area contributed by atoms with Crippen LogP contribution in [-0.4, -0.2) is 4.98 Å². The summed E-state index contributed by atoms with van der Waals surface area (Å²) >= 11 is 3.34. The van der Waals surface area contributed by atoms with E-state index in [-0.39, 0.29) is 0 Å². The topological polar surface area (TPSA) is 71.9 Å². The molecule has 0 radical (unpaired) electrons. The lowest BCUT2D eigenvalue weighted by molar-refractivity contribution is 0.467. The second-order valence-corrected chi connectivity index (χ2v) is 5.34. The summed E-state index contributed by atoms with van der Waals surface area (Å²) < 4.78 is 6.58. The van der Waals surface area contributed by atoms with E-state index in [0.29, 0.717) is 28.4 Å². The number of aromatic nitrogens is 1. The van der Waals surface area contributed by atoms with Gasteiger partial charge >= 0.3 is 0 Å². The minimum atomic E-state index is 0.347. The Balaban J connectivity index is 2.07. The van der Waals surface area contributed by atoms with Gasteiger partial charge in [-0.25, -0.2) is 4.98 Å². The van der Waals surface area contributed by atoms with Gasteiger partial charge in [0.1, 0.15) is 6.07 Å². The number of benzene rings is 2. The molecule has 1 aromatic heterocycles. The van der Waals surface area contributed by atoms with Crippen molar-refractivity contribution in [3.8, 4) is 17.7 Å². The van der Waals surface area contributed by atoms with Gasteiger partial charge in [-0.2, -0.15) is 5.26 Å². The Morgan fingerprint density at radius 2 is 1.95 bits per heavy atom. The standard InChI is InChI=1S/C16H10BrN3O/c17-11-5-6-15(13(19)8-11)21-16-7-10(9-18)12-3-1-2-4-14(12)20-16/h1-8H,19H2. The first-order valence-corrected chi connectivity index (χ1v) is 6.99. The van der Waals surface area contributed by atoms with Crippen molar-refractivity contribution in [3.05, 3.63) is 58.6 Å². The quantitative estimate of drug-likeness (QED) is 0.708. The number of para-hydroxylation sites is 1. The minimum absolute atomic E-state index is 0.347. The highest BCUT2D eigenvalue weighted by molar-refractivity contribution is 9.10. The molecule has 0 amide bonds. The van der Waals surface area contributed by atoms with Crippen LogP contribution in [0.15, 0.2) is 53.0 Å². The molecule has 0 spiro atoms. The molecule has 0 aliphatic rings. The van der Waals surface area contributed by atoms with Gasteiger partial charge in [-0.15, -0.1) is 0 Å². The van der Waals surface area contributed by atoms with Crippen LogP contribution >= 0.6 is 15.9 Å². The van der Waals surface area contributed by atoms with E-state index in [4.69, 9.17) is 10.5 Å². The summed E-state index contributed by atoms with van der Waals surface area (Å²) in [6, 6.07) is 16.6. The van der Waals surface area contributed by atoms with Crippen LogP contribution in [-0.2, 0) is 0 Å². The van der Waals surface area contributed by atoms with Gasteiger partial charge in [-0.3, -0.25) is 0 Å². The number of anilines is 1. The molecule has 4 nitrogen and oxygen atoms in total. The van der Waals surface area contributed by atoms with E-state index in [2.05, 4.69) is 27.0 Å². The molecule has 0 saturated heterocycles. The van der Waals surface area contributed by atoms with Crippen LogP contribution in [0.2, 0.25) is 0 Å². The largest absolute Gasteiger partial charge is 0.437 e. The zero-order valence-corrected chi connectivity index (χ0v) is 12.5. The lowest BCUT2D eigenvalue weighted by atomic mass is 10.1. The van der Waals surface area contributed by atoms with Crippen LogP contribution in [0.3, 0.4) is 0 Å². The van der Waals surface area contributed by atoms with Crippen molar-refractivity contribution < 1.29 is 4.74 Å². The molecule has 0 bridgehead atoms. The van der Waals surface area contributed by atoms with Crippen molar-refractivity contribution in [3.63, 3.8) is 0 Å². The first-order chi connectivity index (χ1) is 10.2. The summed E-state index contributed by atoms with van der Waals surface area (Å²) in [6.07, 6.45) is 0. The molecule has 21 heavy (non-hydrogen) atoms. The number of hydrogen-bond donors (Lipinski definition) is 1. The summed E-state index contributed by atoms with van der Waals surface area (Å²) in [5.74, 6) is 0.851. The van der Waals surface area contributed by atoms with E-state index in [0.717, 1.165) is 9.86 Å². The summed E-state index contributed by atoms with van der Waals surface area (Å²) in [6.45, 7) is 0. The Labute approximate surface area is 129 Å². The molecule has 3 aromatic rings. The molecule has 3 rings (SSSR count). The Bertz CT molecular complexity index is 871. The number of nitrogen functional groups attached to an aromatic ring is 1. The number of ether oxygens (including phenoxy) is 1. The van der Waals surface area contributed by atoms with Crippen molar-refractivity contribution in [1.29, 1.82) is 5.26 Å². The summed E-state index contributed by atoms with van der Waals surface area (Å²) in [5.41, 5.74) is 7.63. The van der Waals surface area contributed by atoms with Gasteiger partial charge in [0.25, 0.3) is 0 Å². The second-order valence-electron chi connectivity index (χ2n) is 4.42. The number of pyridine rings is 1. The Hall–Kier alpha value is -2.58. The van der Waals surface area contributed by atoms with E-state index in [9.17, 15) is 5.26 Å². The monoisotopic (exact) mass is 339 g/mol. The predicted molar refractivity (Wildman–Crippen MR) is 85.1 cm³/mol. The summed E-state index contributed by atoms with van der Waals surface area (Å²) in [5, 5.41) is 10.1. The second kappa shape index (κ2) is 5.43. The van der Waals surface area contributed by atoms with Crippen molar-refractivity contribution >= 4 is 32.5 Å². The molecule has 1 heterocycles. The first kappa shape index (κ1) is 13.4. The summed E-state index contributed by atoms with van der Waals surface area (Å²) in [4.78, 5) is 4.40. The number of halogens is 1. The van der Waals surface area contributed by atoms with Crippen LogP contribution in [0.4, 0.5) is 5.69 Å². The van der Waals surface area contributed by atoms with Crippen molar-refractivity contribution in [2.75, 3.05) is 5.73 Å². The molecular weight excluding hydrogens is 330 g/mol. The lowest BCUT2D eigenvalue weighted by Gasteiger charge is -2.09. The fraction of sp³-hybridized carbons (Fsp3) is 0. The third kappa shape index (κ3) is 2.67. The molecule has 0 aliphatic heterocycles. The normalized spacial score (nSPS) is 10.3. The van der Waals surface area contributed by atoms with E-state index in [1.54, 1.807) is 18.2 Å². The average molecular weight is 340 g/mol. The molecule has 2 aromatic carbocycles. The van der Waals surface area contributed by atoms with E-state index in [1.165, 1.54) is 0 Å². The van der Waals surface area contributed by atoms with Gasteiger partial charge in [0.15, 0.2) is 5.75 Å². The van der Waals surface area contributed by atoms with Crippen LogP contribution in [0.1, 0.15) is 5.56 Å². The van der Waals surface area contributed by atoms with E-state index in [1.807, 2.05) is 30.3 Å². The molecule has 0 aliphatic carbocycles. The number of nitriles is 1. The SMILES string of the molecule is N#Cc1cc(Oc2ccc(Br)cc2N)nc2ccccc12. The fourth-order valence-corrected chi connectivity index (χ4v) is 2.40. The zero-order valence-electron chi connectivity index (χ0n) is 10.9. The predicted octanol–water partition coefficient (Wildman–Crippen LogP) is 4.24. The third-order valence-corrected chi connectivity index (χ3v) is 3.49. The van der Waals surface area contributed by atoms with Gasteiger partial charge < -0.3 is 10.5 Å². The summed E-state index contributed by atoms with van der Waals surface area (Å²) in [7, 11) is 0. The molecular formula is C16H10BrN3O. The third-order valence-electron chi connectivity index (χ3n) is 3.00. The molecule has 0 unspecified atom stereocenters. The van der Waals surface area contributed by atoms with Gasteiger partial charge in [0, 0.05) is 15.9 Å². The van der Waals surface area contributed by atoms with Crippen LogP contribution < -0.4 is 10.5 Å². The van der Waals surface area contributed by atoms with Crippen molar-refractivity contribution in [1.82, 2.24) is 4.98 Å². The van der Waals surface area contributed by atoms with E-state index >= 15 is 0 Å². The first-order valence-electron chi connectivity index (χ1n) is 6.20. The minimum Gasteiger partial charge on any atom is -0.437 e. The highest BCUT2D eigenvalue weighted by atomic mass is 79.9. The van der Waals surface area contributed by atoms with Gasteiger partial charge in [-0.05, 0) is 24.3 Å². The van der Waals surface area contributed by atoms with E-state index < -0.39 is 0 Å². The highest BCUT2D eigenvalue weighted by Gasteiger charge is 2.08. The van der Waals surface area contributed by atoms with Crippen LogP contribution in [0.25, 0.3) is 10.9 Å².